The highest BCUT2D eigenvalue weighted by atomic mass is 79.9. The molecule has 5 nitrogen and oxygen atoms in total. The average Bonchev–Trinajstić information content (AvgIpc) is 2.48. The van der Waals surface area contributed by atoms with Gasteiger partial charge in [0.15, 0.2) is 0 Å². The van der Waals surface area contributed by atoms with Crippen molar-refractivity contribution in [1.82, 2.24) is 10.3 Å². The van der Waals surface area contributed by atoms with Crippen molar-refractivity contribution in [3.63, 3.8) is 0 Å². The lowest BCUT2D eigenvalue weighted by Gasteiger charge is -2.20. The lowest BCUT2D eigenvalue weighted by atomic mass is 10.1. The minimum atomic E-state index is -0.369. The van der Waals surface area contributed by atoms with E-state index < -0.39 is 0 Å². The van der Waals surface area contributed by atoms with Crippen molar-refractivity contribution in [3.8, 4) is 0 Å². The van der Waals surface area contributed by atoms with Crippen molar-refractivity contribution < 1.29 is 9.59 Å². The molecule has 0 saturated carbocycles. The summed E-state index contributed by atoms with van der Waals surface area (Å²) in [5, 5.41) is 5.64. The number of hydrogen-bond donors (Lipinski definition) is 2. The monoisotopic (exact) mass is 389 g/mol. The number of nitrogens with zero attached hydrogens (tertiary/aromatic N) is 1. The van der Waals surface area contributed by atoms with E-state index in [2.05, 4.69) is 31.5 Å². The zero-order chi connectivity index (χ0) is 17.9. The molecule has 1 heterocycles. The second kappa shape index (κ2) is 7.13. The highest BCUT2D eigenvalue weighted by Gasteiger charge is 2.18. The molecule has 0 aliphatic rings. The van der Waals surface area contributed by atoms with Crippen molar-refractivity contribution in [1.29, 1.82) is 0 Å². The van der Waals surface area contributed by atoms with E-state index in [-0.39, 0.29) is 28.7 Å². The van der Waals surface area contributed by atoms with Crippen LogP contribution in [0.5, 0.6) is 0 Å². The molecule has 0 fully saturated rings. The van der Waals surface area contributed by atoms with Gasteiger partial charge >= 0.3 is 0 Å². The molecule has 2 N–H and O–H groups in total. The van der Waals surface area contributed by atoms with Crippen molar-refractivity contribution in [2.75, 3.05) is 5.32 Å². The summed E-state index contributed by atoms with van der Waals surface area (Å²) in [5.41, 5.74) is 1.67. The van der Waals surface area contributed by atoms with Gasteiger partial charge in [0.05, 0.1) is 0 Å². The van der Waals surface area contributed by atoms with Gasteiger partial charge in [0.1, 0.15) is 11.4 Å². The molecular formula is C18H20BrN3O2. The molecule has 0 saturated heterocycles. The first-order valence-electron chi connectivity index (χ1n) is 7.53. The van der Waals surface area contributed by atoms with Crippen LogP contribution in [0.4, 0.5) is 5.69 Å². The van der Waals surface area contributed by atoms with Gasteiger partial charge in [-0.2, -0.15) is 0 Å². The largest absolute Gasteiger partial charge is 0.346 e. The molecule has 0 spiro atoms. The number of benzene rings is 1. The van der Waals surface area contributed by atoms with Gasteiger partial charge in [-0.3, -0.25) is 9.59 Å². The Hall–Kier alpha value is -2.21. The molecule has 1 aromatic heterocycles. The maximum atomic E-state index is 12.4. The van der Waals surface area contributed by atoms with Gasteiger partial charge in [-0.1, -0.05) is 22.0 Å². The first-order chi connectivity index (χ1) is 11.2. The number of aryl methyl sites for hydroxylation is 1. The Labute approximate surface area is 150 Å². The second-order valence-corrected chi connectivity index (χ2v) is 7.44. The zero-order valence-corrected chi connectivity index (χ0v) is 15.7. The number of pyridine rings is 1. The average molecular weight is 390 g/mol. The molecule has 0 unspecified atom stereocenters. The van der Waals surface area contributed by atoms with Gasteiger partial charge in [-0.15, -0.1) is 0 Å². The lowest BCUT2D eigenvalue weighted by molar-refractivity contribution is 0.0914. The number of amides is 2. The maximum Gasteiger partial charge on any atom is 0.274 e. The number of rotatable bonds is 3. The highest BCUT2D eigenvalue weighted by molar-refractivity contribution is 9.10. The molecule has 6 heteroatoms. The number of aromatic nitrogens is 1. The zero-order valence-electron chi connectivity index (χ0n) is 14.1. The summed E-state index contributed by atoms with van der Waals surface area (Å²) in [6.07, 6.45) is 0. The van der Waals surface area contributed by atoms with E-state index >= 15 is 0 Å². The number of halogens is 1. The Kier molecular flexibility index (Phi) is 5.39. The highest BCUT2D eigenvalue weighted by Crippen LogP contribution is 2.20. The van der Waals surface area contributed by atoms with E-state index in [1.54, 1.807) is 18.2 Å². The Balaban J connectivity index is 2.18. The molecule has 0 aliphatic carbocycles. The molecular weight excluding hydrogens is 370 g/mol. The van der Waals surface area contributed by atoms with Gasteiger partial charge in [0.2, 0.25) is 0 Å². The number of nitrogens with one attached hydrogen (secondary N) is 2. The Bertz CT molecular complexity index is 782. The number of carbonyl (C=O) groups excluding carboxylic acids is 2. The lowest BCUT2D eigenvalue weighted by Crippen LogP contribution is -2.41. The van der Waals surface area contributed by atoms with Crippen LogP contribution in [0.15, 0.2) is 40.9 Å². The van der Waals surface area contributed by atoms with Crippen LogP contribution in [-0.2, 0) is 0 Å². The first-order valence-corrected chi connectivity index (χ1v) is 8.32. The predicted octanol–water partition coefficient (Wildman–Crippen LogP) is 3.93. The van der Waals surface area contributed by atoms with Gasteiger partial charge in [0.25, 0.3) is 11.8 Å². The molecule has 2 amide bonds. The summed E-state index contributed by atoms with van der Waals surface area (Å²) in [7, 11) is 0. The smallest absolute Gasteiger partial charge is 0.274 e. The Morgan fingerprint density at radius 1 is 1.04 bits per heavy atom. The standard InChI is InChI=1S/C18H20BrN3O2/c1-11-10-12(19)8-9-13(11)21-16(23)14-6-5-7-15(20-14)17(24)22-18(2,3)4/h5-10H,1-4H3,(H,21,23)(H,22,24). The van der Waals surface area contributed by atoms with Gasteiger partial charge in [-0.05, 0) is 63.6 Å². The maximum absolute atomic E-state index is 12.4. The van der Waals surface area contributed by atoms with Gasteiger partial charge in [-0.25, -0.2) is 4.98 Å². The summed E-state index contributed by atoms with van der Waals surface area (Å²) >= 11 is 3.39. The Morgan fingerprint density at radius 3 is 2.25 bits per heavy atom. The third kappa shape index (κ3) is 4.89. The molecule has 1 aromatic carbocycles. The fraction of sp³-hybridized carbons (Fsp3) is 0.278. The number of anilines is 1. The molecule has 2 rings (SSSR count). The quantitative estimate of drug-likeness (QED) is 0.834. The van der Waals surface area contributed by atoms with Crippen LogP contribution in [0.3, 0.4) is 0 Å². The van der Waals surface area contributed by atoms with E-state index in [0.717, 1.165) is 10.0 Å². The summed E-state index contributed by atoms with van der Waals surface area (Å²) in [6, 6.07) is 10.4. The fourth-order valence-corrected chi connectivity index (χ4v) is 2.52. The van der Waals surface area contributed by atoms with Gasteiger partial charge < -0.3 is 10.6 Å². The van der Waals surface area contributed by atoms with E-state index in [1.165, 1.54) is 0 Å². The van der Waals surface area contributed by atoms with Crippen LogP contribution < -0.4 is 10.6 Å². The molecule has 0 aliphatic heterocycles. The molecule has 0 radical (unpaired) electrons. The topological polar surface area (TPSA) is 71.1 Å². The van der Waals surface area contributed by atoms with Crippen molar-refractivity contribution in [3.05, 3.63) is 57.8 Å². The summed E-state index contributed by atoms with van der Waals surface area (Å²) < 4.78 is 0.942. The summed E-state index contributed by atoms with van der Waals surface area (Å²) in [6.45, 7) is 7.56. The van der Waals surface area contributed by atoms with Crippen molar-refractivity contribution >= 4 is 33.4 Å². The van der Waals surface area contributed by atoms with Crippen LogP contribution in [0.2, 0.25) is 0 Å². The molecule has 24 heavy (non-hydrogen) atoms. The van der Waals surface area contributed by atoms with E-state index in [0.29, 0.717) is 5.69 Å². The first kappa shape index (κ1) is 18.1. The van der Waals surface area contributed by atoms with Crippen molar-refractivity contribution in [2.45, 2.75) is 33.2 Å². The summed E-state index contributed by atoms with van der Waals surface area (Å²) in [5.74, 6) is -0.664. The van der Waals surface area contributed by atoms with Crippen LogP contribution in [-0.4, -0.2) is 22.3 Å². The minimum absolute atomic E-state index is 0.193. The van der Waals surface area contributed by atoms with Crippen LogP contribution in [0.25, 0.3) is 0 Å². The van der Waals surface area contributed by atoms with E-state index in [9.17, 15) is 9.59 Å². The molecule has 0 atom stereocenters. The normalized spacial score (nSPS) is 11.0. The van der Waals surface area contributed by atoms with Crippen molar-refractivity contribution in [2.24, 2.45) is 0 Å². The minimum Gasteiger partial charge on any atom is -0.346 e. The molecule has 0 bridgehead atoms. The Morgan fingerprint density at radius 2 is 1.67 bits per heavy atom. The van der Waals surface area contributed by atoms with Crippen LogP contribution >= 0.6 is 15.9 Å². The van der Waals surface area contributed by atoms with E-state index in [1.807, 2.05) is 45.9 Å². The van der Waals surface area contributed by atoms with Gasteiger partial charge in [0, 0.05) is 15.7 Å². The summed E-state index contributed by atoms with van der Waals surface area (Å²) in [4.78, 5) is 28.7. The third-order valence-corrected chi connectivity index (χ3v) is 3.63. The fourth-order valence-electron chi connectivity index (χ4n) is 2.05. The SMILES string of the molecule is Cc1cc(Br)ccc1NC(=O)c1cccc(C(=O)NC(C)(C)C)n1. The second-order valence-electron chi connectivity index (χ2n) is 6.53. The predicted molar refractivity (Wildman–Crippen MR) is 98.3 cm³/mol. The third-order valence-electron chi connectivity index (χ3n) is 3.14. The van der Waals surface area contributed by atoms with E-state index in [4.69, 9.17) is 0 Å². The van der Waals surface area contributed by atoms with Crippen LogP contribution in [0, 0.1) is 6.92 Å². The molecule has 2 aromatic rings. The number of hydrogen-bond acceptors (Lipinski definition) is 3. The number of carbonyl (C=O) groups is 2. The van der Waals surface area contributed by atoms with Crippen LogP contribution in [0.1, 0.15) is 47.3 Å². The molecule has 126 valence electrons.